The number of rotatable bonds is 12. The summed E-state index contributed by atoms with van der Waals surface area (Å²) in [6, 6.07) is 25.1. The van der Waals surface area contributed by atoms with Crippen LogP contribution in [0.4, 0.5) is 5.69 Å². The summed E-state index contributed by atoms with van der Waals surface area (Å²) < 4.78 is 0. The van der Waals surface area contributed by atoms with Crippen LogP contribution in [0.15, 0.2) is 83.8 Å². The zero-order valence-corrected chi connectivity index (χ0v) is 23.9. The lowest BCUT2D eigenvalue weighted by atomic mass is 9.85. The van der Waals surface area contributed by atoms with Gasteiger partial charge in [0.05, 0.1) is 6.42 Å². The van der Waals surface area contributed by atoms with Gasteiger partial charge in [-0.15, -0.1) is 11.8 Å². The maximum atomic E-state index is 13.3. The summed E-state index contributed by atoms with van der Waals surface area (Å²) in [4.78, 5) is 39.1. The predicted octanol–water partition coefficient (Wildman–Crippen LogP) is 6.66. The molecule has 0 bridgehead atoms. The Kier molecular flexibility index (Phi) is 10.8. The monoisotopic (exact) mass is 546 g/mol. The maximum Gasteiger partial charge on any atom is 0.304 e. The molecule has 3 aromatic rings. The second-order valence-corrected chi connectivity index (χ2v) is 11.7. The van der Waals surface area contributed by atoms with Crippen LogP contribution in [-0.4, -0.2) is 35.2 Å². The third kappa shape index (κ3) is 9.29. The first kappa shape index (κ1) is 30.0. The van der Waals surface area contributed by atoms with Crippen LogP contribution >= 0.6 is 11.8 Å². The van der Waals surface area contributed by atoms with Gasteiger partial charge in [-0.05, 0) is 71.9 Å². The number of aliphatic carboxylic acids is 1. The highest BCUT2D eigenvalue weighted by molar-refractivity contribution is 7.98. The standard InChI is InChI=1S/C32H38N2O4S/c1-32(2,3)29(31(38)33-26-17-19-27(39-4)20-18-26)34-30(37)25(21-28(35)36)12-8-9-22-13-15-24(16-14-22)23-10-6-5-7-11-23/h5-7,10-11,13-20,25,29H,8-9,12,21H2,1-4H3,(H,33,38)(H,34,37)(H,35,36). The average Bonchev–Trinajstić information content (AvgIpc) is 2.91. The van der Waals surface area contributed by atoms with Crippen molar-refractivity contribution in [1.82, 2.24) is 5.32 Å². The van der Waals surface area contributed by atoms with Crippen LogP contribution in [0.5, 0.6) is 0 Å². The van der Waals surface area contributed by atoms with Gasteiger partial charge >= 0.3 is 5.97 Å². The molecule has 0 saturated heterocycles. The first-order valence-corrected chi connectivity index (χ1v) is 14.4. The smallest absolute Gasteiger partial charge is 0.304 e. The first-order chi connectivity index (χ1) is 18.6. The molecule has 0 aliphatic heterocycles. The van der Waals surface area contributed by atoms with E-state index in [4.69, 9.17) is 0 Å². The second kappa shape index (κ2) is 14.0. The van der Waals surface area contributed by atoms with Crippen molar-refractivity contribution in [3.05, 3.63) is 84.4 Å². The Morgan fingerprint density at radius 2 is 1.46 bits per heavy atom. The fourth-order valence-electron chi connectivity index (χ4n) is 4.41. The van der Waals surface area contributed by atoms with Crippen molar-refractivity contribution in [3.63, 3.8) is 0 Å². The van der Waals surface area contributed by atoms with E-state index in [0.717, 1.165) is 28.0 Å². The van der Waals surface area contributed by atoms with E-state index in [1.54, 1.807) is 11.8 Å². The number of aryl methyl sites for hydroxylation is 1. The Hall–Kier alpha value is -3.58. The number of carboxylic acid groups (broad SMARTS) is 1. The molecule has 3 N–H and O–H groups in total. The van der Waals surface area contributed by atoms with Gasteiger partial charge in [-0.3, -0.25) is 14.4 Å². The van der Waals surface area contributed by atoms with E-state index in [2.05, 4.69) is 47.0 Å². The van der Waals surface area contributed by atoms with Gasteiger partial charge in [0.1, 0.15) is 6.04 Å². The molecule has 206 valence electrons. The van der Waals surface area contributed by atoms with E-state index < -0.39 is 29.3 Å². The zero-order chi connectivity index (χ0) is 28.4. The number of nitrogens with one attached hydrogen (secondary N) is 2. The Labute approximate surface area is 235 Å². The number of benzene rings is 3. The summed E-state index contributed by atoms with van der Waals surface area (Å²) in [5.41, 5.74) is 3.48. The molecule has 6 nitrogen and oxygen atoms in total. The van der Waals surface area contributed by atoms with Gasteiger partial charge in [0.25, 0.3) is 0 Å². The third-order valence-corrected chi connectivity index (χ3v) is 7.39. The minimum atomic E-state index is -1.03. The summed E-state index contributed by atoms with van der Waals surface area (Å²) in [5.74, 6) is -2.51. The molecule has 0 spiro atoms. The van der Waals surface area contributed by atoms with E-state index in [1.807, 2.05) is 69.5 Å². The van der Waals surface area contributed by atoms with Crippen molar-refractivity contribution in [2.45, 2.75) is 57.4 Å². The molecule has 0 aromatic heterocycles. The van der Waals surface area contributed by atoms with Gasteiger partial charge in [-0.25, -0.2) is 0 Å². The summed E-state index contributed by atoms with van der Waals surface area (Å²) in [7, 11) is 0. The number of thioether (sulfide) groups is 1. The summed E-state index contributed by atoms with van der Waals surface area (Å²) in [6.45, 7) is 5.62. The van der Waals surface area contributed by atoms with Crippen molar-refractivity contribution in [2.75, 3.05) is 11.6 Å². The zero-order valence-electron chi connectivity index (χ0n) is 23.1. The van der Waals surface area contributed by atoms with Crippen LogP contribution in [0, 0.1) is 11.3 Å². The highest BCUT2D eigenvalue weighted by Gasteiger charge is 2.35. The van der Waals surface area contributed by atoms with Crippen LogP contribution in [0.2, 0.25) is 0 Å². The molecule has 7 heteroatoms. The van der Waals surface area contributed by atoms with Crippen LogP contribution in [0.25, 0.3) is 11.1 Å². The molecule has 0 aliphatic rings. The molecule has 3 aromatic carbocycles. The lowest BCUT2D eigenvalue weighted by Gasteiger charge is -2.31. The van der Waals surface area contributed by atoms with E-state index in [1.165, 1.54) is 0 Å². The molecule has 3 rings (SSSR count). The van der Waals surface area contributed by atoms with Gasteiger partial charge < -0.3 is 15.7 Å². The van der Waals surface area contributed by atoms with Gasteiger partial charge in [0.15, 0.2) is 0 Å². The molecule has 0 heterocycles. The normalized spacial score (nSPS) is 12.8. The average molecular weight is 547 g/mol. The van der Waals surface area contributed by atoms with Crippen LogP contribution in [-0.2, 0) is 20.8 Å². The molecule has 0 saturated carbocycles. The number of amides is 2. The molecule has 2 unspecified atom stereocenters. The highest BCUT2D eigenvalue weighted by Crippen LogP contribution is 2.25. The molecule has 39 heavy (non-hydrogen) atoms. The quantitative estimate of drug-likeness (QED) is 0.221. The molecule has 2 amide bonds. The second-order valence-electron chi connectivity index (χ2n) is 10.8. The minimum Gasteiger partial charge on any atom is -0.481 e. The molecule has 0 fully saturated rings. The van der Waals surface area contributed by atoms with Crippen LogP contribution in [0.3, 0.4) is 0 Å². The van der Waals surface area contributed by atoms with Crippen LogP contribution < -0.4 is 10.6 Å². The summed E-state index contributed by atoms with van der Waals surface area (Å²) in [5, 5.41) is 15.2. The summed E-state index contributed by atoms with van der Waals surface area (Å²) in [6.07, 6.45) is 3.49. The van der Waals surface area contributed by atoms with E-state index in [0.29, 0.717) is 18.5 Å². The van der Waals surface area contributed by atoms with E-state index >= 15 is 0 Å². The summed E-state index contributed by atoms with van der Waals surface area (Å²) >= 11 is 1.61. The van der Waals surface area contributed by atoms with E-state index in [-0.39, 0.29) is 12.3 Å². The SMILES string of the molecule is CSc1ccc(NC(=O)C(NC(=O)C(CCCc2ccc(-c3ccccc3)cc2)CC(=O)O)C(C)(C)C)cc1. The molecule has 0 aliphatic carbocycles. The van der Waals surface area contributed by atoms with Gasteiger partial charge in [-0.2, -0.15) is 0 Å². The molecule has 0 radical (unpaired) electrons. The number of hydrogen-bond donors (Lipinski definition) is 3. The lowest BCUT2D eigenvalue weighted by Crippen LogP contribution is -2.53. The number of anilines is 1. The van der Waals surface area contributed by atoms with Crippen molar-refractivity contribution in [1.29, 1.82) is 0 Å². The Morgan fingerprint density at radius 1 is 0.846 bits per heavy atom. The van der Waals surface area contributed by atoms with Crippen molar-refractivity contribution < 1.29 is 19.5 Å². The van der Waals surface area contributed by atoms with Gasteiger partial charge in [0.2, 0.25) is 11.8 Å². The van der Waals surface area contributed by atoms with Gasteiger partial charge in [0, 0.05) is 16.5 Å². The third-order valence-electron chi connectivity index (χ3n) is 6.64. The van der Waals surface area contributed by atoms with Crippen molar-refractivity contribution >= 4 is 35.2 Å². The fraction of sp³-hybridized carbons (Fsp3) is 0.344. The Balaban J connectivity index is 1.62. The Bertz CT molecular complexity index is 1240. The molecule has 2 atom stereocenters. The maximum absolute atomic E-state index is 13.3. The van der Waals surface area contributed by atoms with Crippen molar-refractivity contribution in [2.24, 2.45) is 11.3 Å². The van der Waals surface area contributed by atoms with Gasteiger partial charge in [-0.1, -0.05) is 75.4 Å². The minimum absolute atomic E-state index is 0.284. The molecular weight excluding hydrogens is 508 g/mol. The topological polar surface area (TPSA) is 95.5 Å². The number of carboxylic acids is 1. The van der Waals surface area contributed by atoms with Crippen LogP contribution in [0.1, 0.15) is 45.6 Å². The number of hydrogen-bond acceptors (Lipinski definition) is 4. The Morgan fingerprint density at radius 3 is 2.03 bits per heavy atom. The fourth-order valence-corrected chi connectivity index (χ4v) is 4.82. The van der Waals surface area contributed by atoms with E-state index in [9.17, 15) is 19.5 Å². The lowest BCUT2D eigenvalue weighted by molar-refractivity contribution is -0.141. The number of carbonyl (C=O) groups excluding carboxylic acids is 2. The largest absolute Gasteiger partial charge is 0.481 e. The van der Waals surface area contributed by atoms with Crippen molar-refractivity contribution in [3.8, 4) is 11.1 Å². The molecular formula is C32H38N2O4S. The first-order valence-electron chi connectivity index (χ1n) is 13.2. The highest BCUT2D eigenvalue weighted by atomic mass is 32.2. The predicted molar refractivity (Wildman–Crippen MR) is 159 cm³/mol. The number of carbonyl (C=O) groups is 3.